The number of anilines is 6. The van der Waals surface area contributed by atoms with Gasteiger partial charge in [0.05, 0.1) is 63.7 Å². The fourth-order valence-electron chi connectivity index (χ4n) is 6.88. The second-order valence-corrected chi connectivity index (χ2v) is 12.6. The third-order valence-electron chi connectivity index (χ3n) is 9.42. The molecule has 11 rings (SSSR count). The Morgan fingerprint density at radius 1 is 0.525 bits per heavy atom. The SMILES string of the molecule is [2H]c1c([2H])c([2H])c(-c2c([2H])c([2H])c(N(c3c([2H])c([2H])c4c(c3[2H])C(C([2H])([2H])[2H])(C([2H])([2H])[2H])c3c([2H])c([2H])c([2H])c([2H])c3-4)c3c([2H])c([2H])c([2H])c4c3C([2H])(C([2H])([2H])[2H])c3c([2H])c([2H])c([2H])c([2H])c3N4c3c(-c4c([2H])c([2H])c([2H])c([2H])c4[2H])c([2H])c([2H])c4c([2H])c([2H])c([2H])c([2H])c34)c([2H])c2[2H])c([2H])c1[2H]. The topological polar surface area (TPSA) is 6.48 Å². The predicted octanol–water partition coefficient (Wildman–Crippen LogP) is 15.9. The molecule has 282 valence electrons. The van der Waals surface area contributed by atoms with E-state index in [2.05, 4.69) is 0 Å². The van der Waals surface area contributed by atoms with Crippen LogP contribution in [0.5, 0.6) is 0 Å². The number of rotatable bonds is 6. The Bertz CT molecular complexity index is 5330. The first-order valence-corrected chi connectivity index (χ1v) is 17.1. The van der Waals surface area contributed by atoms with Crippen molar-refractivity contribution in [1.82, 2.24) is 0 Å². The summed E-state index contributed by atoms with van der Waals surface area (Å²) in [5.41, 5.74) is -27.3. The van der Waals surface area contributed by atoms with Crippen molar-refractivity contribution in [2.75, 3.05) is 9.80 Å². The van der Waals surface area contributed by atoms with Gasteiger partial charge in [-0.1, -0.05) is 184 Å². The third-order valence-corrected chi connectivity index (χ3v) is 9.42. The van der Waals surface area contributed by atoms with E-state index < -0.39 is 338 Å². The molecular formula is C57H44N2. The van der Waals surface area contributed by atoms with E-state index in [0.717, 1.165) is 0 Å². The molecule has 0 bridgehead atoms. The highest BCUT2D eigenvalue weighted by Crippen LogP contribution is 2.57. The van der Waals surface area contributed by atoms with Crippen molar-refractivity contribution in [3.8, 4) is 33.4 Å². The predicted molar refractivity (Wildman–Crippen MR) is 249 cm³/mol. The van der Waals surface area contributed by atoms with Crippen molar-refractivity contribution in [3.05, 3.63) is 228 Å². The summed E-state index contributed by atoms with van der Waals surface area (Å²) in [6.07, 6.45) is 0. The fraction of sp³-hybridized carbons (Fsp3) is 0.0877. The second kappa shape index (κ2) is 13.7. The second-order valence-electron chi connectivity index (χ2n) is 12.6. The molecule has 2 nitrogen and oxygen atoms in total. The molecule has 1 aliphatic carbocycles. The number of hydrogen-bond donors (Lipinski definition) is 0. The molecule has 0 amide bonds. The zero-order chi connectivity index (χ0) is 77.7. The average molecular weight is 801 g/mol. The Morgan fingerprint density at radius 2 is 1.17 bits per heavy atom. The Kier molecular flexibility index (Phi) is 2.79. The average Bonchev–Trinajstić information content (AvgIpc) is 1.65. The first-order chi connectivity index (χ1) is 47.2. The summed E-state index contributed by atoms with van der Waals surface area (Å²) in [5.74, 6) is -4.36. The summed E-state index contributed by atoms with van der Waals surface area (Å²) < 4.78 is 411. The van der Waals surface area contributed by atoms with E-state index in [1.165, 1.54) is 0 Å². The van der Waals surface area contributed by atoms with E-state index in [1.54, 1.807) is 0 Å². The Labute approximate surface area is 409 Å². The zero-order valence-electron chi connectivity index (χ0n) is 73.4. The molecule has 0 saturated carbocycles. The summed E-state index contributed by atoms with van der Waals surface area (Å²) in [6, 6.07) is -47.7. The lowest BCUT2D eigenvalue weighted by atomic mass is 9.82. The van der Waals surface area contributed by atoms with E-state index in [4.69, 9.17) is 28.8 Å². The summed E-state index contributed by atoms with van der Waals surface area (Å²) in [7, 11) is 0. The van der Waals surface area contributed by atoms with Gasteiger partial charge in [0.1, 0.15) is 0 Å². The molecule has 1 heterocycles. The maximum atomic E-state index is 10.8. The van der Waals surface area contributed by atoms with Crippen LogP contribution in [0.25, 0.3) is 44.2 Å². The molecule has 2 aliphatic rings. The maximum Gasteiger partial charge on any atom is 0.0648 e. The number of para-hydroxylation sites is 1. The lowest BCUT2D eigenvalue weighted by molar-refractivity contribution is 0.660. The minimum Gasteiger partial charge on any atom is -0.310 e. The molecule has 0 aromatic heterocycles. The van der Waals surface area contributed by atoms with Crippen LogP contribution in [0, 0.1) is 0 Å². The standard InChI is InChI=1S/C57H44N2/c1-38-45-22-13-15-26-52(45)59(56-46-23-11-10-21-42(46)31-35-47(56)41-19-8-5-9-20-41)54-28-16-27-53(55(38)54)58(43-32-29-40(30-33-43)39-17-6-4-7-18-39)44-34-36-49-48-24-12-14-25-50(48)57(2,3)51(49)37-44/h4-38H,1-3H3/i1D3,2D3,3D3,4D,5D,6D,7D,8D,9D,10D,11D,12D,13D,14D,15D,16D,17D,18D,19D,20D,21D,22D,23D,24D,25D,26D,27D,28D,29D,30D,31D,32D,33D,34D,35D,36D,37D,38D. The van der Waals surface area contributed by atoms with Crippen LogP contribution in [-0.2, 0) is 5.41 Å². The van der Waals surface area contributed by atoms with E-state index in [0.29, 0.717) is 0 Å². The molecule has 0 fully saturated rings. The fourth-order valence-corrected chi connectivity index (χ4v) is 6.88. The van der Waals surface area contributed by atoms with Crippen molar-refractivity contribution in [2.24, 2.45) is 0 Å². The van der Waals surface area contributed by atoms with Crippen molar-refractivity contribution < 1.29 is 60.3 Å². The molecule has 2 heteroatoms. The molecule has 1 unspecified atom stereocenters. The highest BCUT2D eigenvalue weighted by molar-refractivity contribution is 6.08. The lowest BCUT2D eigenvalue weighted by Gasteiger charge is -2.41. The molecule has 9 aromatic carbocycles. The zero-order valence-corrected chi connectivity index (χ0v) is 29.4. The van der Waals surface area contributed by atoms with Gasteiger partial charge in [-0.2, -0.15) is 0 Å². The molecule has 1 aliphatic heterocycles. The number of benzene rings is 9. The van der Waals surface area contributed by atoms with Gasteiger partial charge in [0.15, 0.2) is 0 Å². The highest BCUT2D eigenvalue weighted by atomic mass is 15.2. The van der Waals surface area contributed by atoms with Gasteiger partial charge < -0.3 is 9.80 Å². The first-order valence-electron chi connectivity index (χ1n) is 39.1. The van der Waals surface area contributed by atoms with Gasteiger partial charge in [-0.25, -0.2) is 0 Å². The van der Waals surface area contributed by atoms with Gasteiger partial charge in [-0.15, -0.1) is 0 Å². The van der Waals surface area contributed by atoms with Crippen LogP contribution in [0.15, 0.2) is 205 Å². The molecule has 0 radical (unpaired) electrons. The van der Waals surface area contributed by atoms with Crippen LogP contribution in [0.2, 0.25) is 0 Å². The Morgan fingerprint density at radius 3 is 1.98 bits per heavy atom. The molecule has 0 spiro atoms. The van der Waals surface area contributed by atoms with Gasteiger partial charge in [-0.3, -0.25) is 0 Å². The quantitative estimate of drug-likeness (QED) is 0.165. The van der Waals surface area contributed by atoms with Crippen LogP contribution in [0.4, 0.5) is 34.1 Å². The van der Waals surface area contributed by atoms with Gasteiger partial charge in [0.2, 0.25) is 0 Å². The van der Waals surface area contributed by atoms with Gasteiger partial charge >= 0.3 is 0 Å². The van der Waals surface area contributed by atoms with E-state index >= 15 is 0 Å². The van der Waals surface area contributed by atoms with Crippen molar-refractivity contribution in [1.29, 1.82) is 0 Å². The summed E-state index contributed by atoms with van der Waals surface area (Å²) in [5, 5.41) is -2.25. The van der Waals surface area contributed by atoms with Gasteiger partial charge in [0.25, 0.3) is 0 Å². The van der Waals surface area contributed by atoms with E-state index in [1.807, 2.05) is 0 Å². The number of nitrogens with zero attached hydrogens (tertiary/aromatic N) is 2. The number of fused-ring (bicyclic) bond motifs is 6. The molecule has 1 atom stereocenters. The van der Waals surface area contributed by atoms with Gasteiger partial charge in [0, 0.05) is 58.6 Å². The molecule has 0 N–H and O–H groups in total. The largest absolute Gasteiger partial charge is 0.310 e. The highest BCUT2D eigenvalue weighted by Gasteiger charge is 2.37. The van der Waals surface area contributed by atoms with E-state index in [-0.39, 0.29) is 9.80 Å². The van der Waals surface area contributed by atoms with Crippen molar-refractivity contribution in [3.63, 3.8) is 0 Å². The monoisotopic (exact) mass is 801 g/mol. The maximum absolute atomic E-state index is 10.8. The Hall–Kier alpha value is -7.16. The minimum absolute atomic E-state index is 0.122. The smallest absolute Gasteiger partial charge is 0.0648 e. The van der Waals surface area contributed by atoms with Crippen LogP contribution < -0.4 is 9.80 Å². The lowest BCUT2D eigenvalue weighted by Crippen LogP contribution is -2.24. The van der Waals surface area contributed by atoms with Crippen LogP contribution >= 0.6 is 0 Å². The normalized spacial score (nSPS) is 27.1. The Balaban J connectivity index is 1.53. The van der Waals surface area contributed by atoms with Crippen molar-refractivity contribution in [2.45, 2.75) is 31.9 Å². The molecule has 9 aromatic rings. The summed E-state index contributed by atoms with van der Waals surface area (Å²) >= 11 is 0. The van der Waals surface area contributed by atoms with Crippen LogP contribution in [0.1, 0.15) is 109 Å². The number of hydrogen-bond acceptors (Lipinski definition) is 2. The molecule has 0 saturated heterocycles. The van der Waals surface area contributed by atoms with Gasteiger partial charge in [-0.05, 0) is 92.2 Å². The minimum atomic E-state index is -4.45. The van der Waals surface area contributed by atoms with Crippen LogP contribution in [-0.4, -0.2) is 0 Å². The molecular weight excluding hydrogens is 713 g/mol. The summed E-state index contributed by atoms with van der Waals surface area (Å²) in [4.78, 5) is 0.0774. The first kappa shape index (κ1) is 12.0. The third kappa shape index (κ3) is 5.55. The van der Waals surface area contributed by atoms with E-state index in [9.17, 15) is 31.5 Å². The van der Waals surface area contributed by atoms with Crippen LogP contribution in [0.3, 0.4) is 0 Å². The summed E-state index contributed by atoms with van der Waals surface area (Å²) in [6.45, 7) is -13.0. The molecule has 59 heavy (non-hydrogen) atoms. The van der Waals surface area contributed by atoms with Crippen molar-refractivity contribution >= 4 is 44.9 Å².